The van der Waals surface area contributed by atoms with Crippen molar-refractivity contribution in [2.75, 3.05) is 13.2 Å². The van der Waals surface area contributed by atoms with Gasteiger partial charge in [0.2, 0.25) is 0 Å². The SMILES string of the molecule is C=C(C)C(=O)O.C=CC(O)C(=C)C(=O)OCCCCO. The zero-order chi connectivity index (χ0) is 16.1. The summed E-state index contributed by atoms with van der Waals surface area (Å²) in [6, 6.07) is 0. The first-order valence-corrected chi connectivity index (χ1v) is 5.94. The number of carboxylic acids is 1. The van der Waals surface area contributed by atoms with Gasteiger partial charge in [-0.1, -0.05) is 19.2 Å². The van der Waals surface area contributed by atoms with E-state index in [9.17, 15) is 9.59 Å². The van der Waals surface area contributed by atoms with Crippen LogP contribution >= 0.6 is 0 Å². The van der Waals surface area contributed by atoms with Gasteiger partial charge in [0.15, 0.2) is 0 Å². The highest BCUT2D eigenvalue weighted by atomic mass is 16.5. The van der Waals surface area contributed by atoms with E-state index < -0.39 is 18.0 Å². The summed E-state index contributed by atoms with van der Waals surface area (Å²) in [4.78, 5) is 20.7. The van der Waals surface area contributed by atoms with Crippen LogP contribution in [0.4, 0.5) is 0 Å². The molecule has 1 atom stereocenters. The summed E-state index contributed by atoms with van der Waals surface area (Å²) in [5, 5.41) is 25.5. The van der Waals surface area contributed by atoms with E-state index in [0.717, 1.165) is 0 Å². The van der Waals surface area contributed by atoms with Crippen molar-refractivity contribution in [1.29, 1.82) is 0 Å². The van der Waals surface area contributed by atoms with Gasteiger partial charge in [0.25, 0.3) is 0 Å². The summed E-state index contributed by atoms with van der Waals surface area (Å²) in [6.45, 7) is 11.6. The van der Waals surface area contributed by atoms with Gasteiger partial charge in [-0.05, 0) is 19.8 Å². The second-order valence-corrected chi connectivity index (χ2v) is 3.86. The molecule has 0 aromatic heterocycles. The van der Waals surface area contributed by atoms with Crippen molar-refractivity contribution in [3.05, 3.63) is 37.0 Å². The summed E-state index contributed by atoms with van der Waals surface area (Å²) in [6.07, 6.45) is 1.33. The standard InChI is InChI=1S/C10H16O4.C4H6O2/c1-3-9(12)8(2)10(13)14-7-5-4-6-11;1-3(2)4(5)6/h3,9,11-12H,1-2,4-7H2;1H2,2H3,(H,5,6). The molecule has 0 spiro atoms. The van der Waals surface area contributed by atoms with Crippen LogP contribution < -0.4 is 0 Å². The predicted octanol–water partition coefficient (Wildman–Crippen LogP) is 1.05. The number of ether oxygens (including phenoxy) is 1. The number of carbonyl (C=O) groups is 2. The molecule has 1 unspecified atom stereocenters. The lowest BCUT2D eigenvalue weighted by Gasteiger charge is -2.08. The Kier molecular flexibility index (Phi) is 12.4. The van der Waals surface area contributed by atoms with Gasteiger partial charge in [-0.25, -0.2) is 9.59 Å². The Bertz CT molecular complexity index is 347. The van der Waals surface area contributed by atoms with Crippen molar-refractivity contribution in [2.45, 2.75) is 25.9 Å². The summed E-state index contributed by atoms with van der Waals surface area (Å²) in [5.74, 6) is -1.56. The molecule has 0 aromatic carbocycles. The van der Waals surface area contributed by atoms with Crippen LogP contribution in [0.5, 0.6) is 0 Å². The van der Waals surface area contributed by atoms with Gasteiger partial charge >= 0.3 is 11.9 Å². The van der Waals surface area contributed by atoms with Crippen LogP contribution in [0.2, 0.25) is 0 Å². The van der Waals surface area contributed by atoms with Crippen LogP contribution in [0, 0.1) is 0 Å². The van der Waals surface area contributed by atoms with Gasteiger partial charge in [-0.2, -0.15) is 0 Å². The molecule has 0 bridgehead atoms. The molecule has 0 fully saturated rings. The third kappa shape index (κ3) is 11.2. The van der Waals surface area contributed by atoms with Crippen LogP contribution in [0.15, 0.2) is 37.0 Å². The fourth-order valence-electron chi connectivity index (χ4n) is 0.734. The molecular formula is C14H22O6. The zero-order valence-electron chi connectivity index (χ0n) is 11.7. The van der Waals surface area contributed by atoms with Gasteiger partial charge in [0, 0.05) is 12.2 Å². The smallest absolute Gasteiger partial charge is 0.336 e. The number of unbranched alkanes of at least 4 members (excludes halogenated alkanes) is 1. The molecule has 0 heterocycles. The van der Waals surface area contributed by atoms with Crippen molar-refractivity contribution in [1.82, 2.24) is 0 Å². The van der Waals surface area contributed by atoms with E-state index in [4.69, 9.17) is 20.1 Å². The number of carboxylic acid groups (broad SMARTS) is 1. The number of rotatable bonds is 8. The molecule has 0 saturated carbocycles. The van der Waals surface area contributed by atoms with Crippen molar-refractivity contribution in [2.24, 2.45) is 0 Å². The quantitative estimate of drug-likeness (QED) is 0.267. The first kappa shape index (κ1) is 20.4. The van der Waals surface area contributed by atoms with Crippen molar-refractivity contribution in [3.8, 4) is 0 Å². The average molecular weight is 286 g/mol. The number of esters is 1. The summed E-state index contributed by atoms with van der Waals surface area (Å²) >= 11 is 0. The number of hydrogen-bond acceptors (Lipinski definition) is 5. The van der Waals surface area contributed by atoms with Gasteiger partial charge in [0.05, 0.1) is 12.2 Å². The van der Waals surface area contributed by atoms with E-state index in [1.165, 1.54) is 13.0 Å². The van der Waals surface area contributed by atoms with Gasteiger partial charge < -0.3 is 20.1 Å². The predicted molar refractivity (Wildman–Crippen MR) is 75.1 cm³/mol. The number of aliphatic hydroxyl groups excluding tert-OH is 2. The van der Waals surface area contributed by atoms with Crippen LogP contribution in [0.1, 0.15) is 19.8 Å². The molecule has 0 amide bonds. The lowest BCUT2D eigenvalue weighted by molar-refractivity contribution is -0.140. The zero-order valence-corrected chi connectivity index (χ0v) is 11.7. The van der Waals surface area contributed by atoms with E-state index in [1.54, 1.807) is 0 Å². The van der Waals surface area contributed by atoms with Gasteiger partial charge in [-0.3, -0.25) is 0 Å². The molecule has 0 aromatic rings. The third-order valence-corrected chi connectivity index (χ3v) is 1.99. The second-order valence-electron chi connectivity index (χ2n) is 3.86. The van der Waals surface area contributed by atoms with Crippen LogP contribution in [-0.2, 0) is 14.3 Å². The fourth-order valence-corrected chi connectivity index (χ4v) is 0.734. The van der Waals surface area contributed by atoms with E-state index in [-0.39, 0.29) is 24.4 Å². The minimum atomic E-state index is -1.06. The highest BCUT2D eigenvalue weighted by molar-refractivity contribution is 5.89. The minimum Gasteiger partial charge on any atom is -0.478 e. The summed E-state index contributed by atoms with van der Waals surface area (Å²) in [7, 11) is 0. The van der Waals surface area contributed by atoms with E-state index >= 15 is 0 Å². The monoisotopic (exact) mass is 286 g/mol. The normalized spacial score (nSPS) is 10.6. The van der Waals surface area contributed by atoms with Crippen LogP contribution in [0.25, 0.3) is 0 Å². The number of aliphatic carboxylic acids is 1. The topological polar surface area (TPSA) is 104 Å². The number of aliphatic hydroxyl groups is 2. The molecule has 20 heavy (non-hydrogen) atoms. The Labute approximate surface area is 118 Å². The lowest BCUT2D eigenvalue weighted by Crippen LogP contribution is -2.17. The van der Waals surface area contributed by atoms with Crippen LogP contribution in [-0.4, -0.2) is 46.6 Å². The summed E-state index contributed by atoms with van der Waals surface area (Å²) < 4.78 is 4.77. The molecule has 0 aliphatic carbocycles. The fraction of sp³-hybridized carbons (Fsp3) is 0.429. The van der Waals surface area contributed by atoms with Crippen molar-refractivity contribution < 1.29 is 29.6 Å². The molecule has 0 radical (unpaired) electrons. The van der Waals surface area contributed by atoms with Gasteiger partial charge in [-0.15, -0.1) is 6.58 Å². The Morgan fingerprint density at radius 1 is 1.30 bits per heavy atom. The van der Waals surface area contributed by atoms with E-state index in [2.05, 4.69) is 19.7 Å². The van der Waals surface area contributed by atoms with E-state index in [1.807, 2.05) is 0 Å². The molecule has 3 N–H and O–H groups in total. The van der Waals surface area contributed by atoms with E-state index in [0.29, 0.717) is 12.8 Å². The Hall–Kier alpha value is -1.92. The molecule has 6 heteroatoms. The van der Waals surface area contributed by atoms with Crippen molar-refractivity contribution >= 4 is 11.9 Å². The molecular weight excluding hydrogens is 264 g/mol. The Balaban J connectivity index is 0. The number of hydrogen-bond donors (Lipinski definition) is 3. The highest BCUT2D eigenvalue weighted by Gasteiger charge is 2.14. The highest BCUT2D eigenvalue weighted by Crippen LogP contribution is 2.03. The largest absolute Gasteiger partial charge is 0.478 e. The average Bonchev–Trinajstić information content (AvgIpc) is 2.42. The maximum atomic E-state index is 11.1. The molecule has 0 aliphatic rings. The molecule has 0 aliphatic heterocycles. The number of carbonyl (C=O) groups excluding carboxylic acids is 1. The molecule has 0 rings (SSSR count). The van der Waals surface area contributed by atoms with Gasteiger partial charge in [0.1, 0.15) is 6.10 Å². The minimum absolute atomic E-state index is 0.0241. The summed E-state index contributed by atoms with van der Waals surface area (Å²) in [5.41, 5.74) is 0.152. The first-order valence-electron chi connectivity index (χ1n) is 5.94. The van der Waals surface area contributed by atoms with Crippen LogP contribution in [0.3, 0.4) is 0 Å². The lowest BCUT2D eigenvalue weighted by atomic mass is 10.2. The third-order valence-electron chi connectivity index (χ3n) is 1.99. The Morgan fingerprint density at radius 3 is 2.15 bits per heavy atom. The first-order chi connectivity index (χ1) is 9.27. The molecule has 0 saturated heterocycles. The maximum absolute atomic E-state index is 11.1. The second kappa shape index (κ2) is 12.1. The van der Waals surface area contributed by atoms with Crippen molar-refractivity contribution in [3.63, 3.8) is 0 Å². The molecule has 6 nitrogen and oxygen atoms in total. The Morgan fingerprint density at radius 2 is 1.80 bits per heavy atom. The molecule has 114 valence electrons. The maximum Gasteiger partial charge on any atom is 0.336 e.